The highest BCUT2D eigenvalue weighted by molar-refractivity contribution is 5.79. The van der Waals surface area contributed by atoms with Crippen LogP contribution in [0, 0.1) is 5.82 Å². The molecule has 1 aromatic carbocycles. The fourth-order valence-corrected chi connectivity index (χ4v) is 2.52. The summed E-state index contributed by atoms with van der Waals surface area (Å²) in [5.74, 6) is -0.436. The second-order valence-corrected chi connectivity index (χ2v) is 5.78. The smallest absolute Gasteiger partial charge is 0.227 e. The van der Waals surface area contributed by atoms with Crippen LogP contribution in [0.25, 0.3) is 0 Å². The summed E-state index contributed by atoms with van der Waals surface area (Å²) in [6, 6.07) is 6.36. The molecule has 0 saturated carbocycles. The highest BCUT2D eigenvalue weighted by Crippen LogP contribution is 2.21. The quantitative estimate of drug-likeness (QED) is 0.909. The van der Waals surface area contributed by atoms with E-state index in [9.17, 15) is 9.18 Å². The SMILES string of the molecule is CC1(C)CN(C(=O)Cc2ccccc2F)CC(CN)O1. The highest BCUT2D eigenvalue weighted by atomic mass is 19.1. The molecule has 20 heavy (non-hydrogen) atoms. The Kier molecular flexibility index (Phi) is 4.40. The van der Waals surface area contributed by atoms with Crippen molar-refractivity contribution in [1.29, 1.82) is 0 Å². The Hall–Kier alpha value is -1.46. The summed E-state index contributed by atoms with van der Waals surface area (Å²) in [6.45, 7) is 5.19. The van der Waals surface area contributed by atoms with E-state index < -0.39 is 5.60 Å². The van der Waals surface area contributed by atoms with Gasteiger partial charge in [0.25, 0.3) is 0 Å². The van der Waals surface area contributed by atoms with E-state index in [1.807, 2.05) is 13.8 Å². The highest BCUT2D eigenvalue weighted by Gasteiger charge is 2.34. The molecule has 1 aliphatic rings. The van der Waals surface area contributed by atoms with E-state index in [0.717, 1.165) is 0 Å². The van der Waals surface area contributed by atoms with Crippen molar-refractivity contribution in [2.75, 3.05) is 19.6 Å². The van der Waals surface area contributed by atoms with E-state index in [0.29, 0.717) is 25.2 Å². The van der Waals surface area contributed by atoms with Gasteiger partial charge in [0, 0.05) is 19.6 Å². The average molecular weight is 280 g/mol. The van der Waals surface area contributed by atoms with Gasteiger partial charge in [0.2, 0.25) is 5.91 Å². The Morgan fingerprint density at radius 2 is 2.20 bits per heavy atom. The molecule has 1 aliphatic heterocycles. The van der Waals surface area contributed by atoms with Gasteiger partial charge in [0.15, 0.2) is 0 Å². The standard InChI is InChI=1S/C15H21FN2O2/c1-15(2)10-18(9-12(8-17)20-15)14(19)7-11-5-3-4-6-13(11)16/h3-6,12H,7-10,17H2,1-2H3. The van der Waals surface area contributed by atoms with Crippen molar-refractivity contribution in [2.45, 2.75) is 32.0 Å². The lowest BCUT2D eigenvalue weighted by Gasteiger charge is -2.42. The first-order valence-electron chi connectivity index (χ1n) is 6.80. The maximum Gasteiger partial charge on any atom is 0.227 e. The van der Waals surface area contributed by atoms with Crippen molar-refractivity contribution < 1.29 is 13.9 Å². The monoisotopic (exact) mass is 280 g/mol. The number of ether oxygens (including phenoxy) is 1. The predicted molar refractivity (Wildman–Crippen MR) is 74.7 cm³/mol. The molecule has 1 aromatic rings. The summed E-state index contributed by atoms with van der Waals surface area (Å²) in [5, 5.41) is 0. The zero-order valence-electron chi connectivity index (χ0n) is 11.9. The topological polar surface area (TPSA) is 55.6 Å². The number of hydrogen-bond acceptors (Lipinski definition) is 3. The predicted octanol–water partition coefficient (Wildman–Crippen LogP) is 1.33. The van der Waals surface area contributed by atoms with Gasteiger partial charge >= 0.3 is 0 Å². The van der Waals surface area contributed by atoms with Crippen molar-refractivity contribution in [3.63, 3.8) is 0 Å². The molecule has 1 amide bonds. The van der Waals surface area contributed by atoms with Crippen LogP contribution in [0.4, 0.5) is 4.39 Å². The minimum Gasteiger partial charge on any atom is -0.367 e. The third-order valence-corrected chi connectivity index (χ3v) is 3.40. The Labute approximate surface area is 118 Å². The lowest BCUT2D eigenvalue weighted by atomic mass is 10.0. The second-order valence-electron chi connectivity index (χ2n) is 5.78. The van der Waals surface area contributed by atoms with E-state index >= 15 is 0 Å². The molecule has 1 atom stereocenters. The third-order valence-electron chi connectivity index (χ3n) is 3.40. The van der Waals surface area contributed by atoms with Crippen LogP contribution >= 0.6 is 0 Å². The molecule has 5 heteroatoms. The summed E-state index contributed by atoms with van der Waals surface area (Å²) in [5.41, 5.74) is 5.64. The largest absolute Gasteiger partial charge is 0.367 e. The Morgan fingerprint density at radius 1 is 1.50 bits per heavy atom. The molecule has 2 N–H and O–H groups in total. The van der Waals surface area contributed by atoms with Crippen LogP contribution in [0.15, 0.2) is 24.3 Å². The van der Waals surface area contributed by atoms with Crippen molar-refractivity contribution >= 4 is 5.91 Å². The molecule has 0 bridgehead atoms. The number of nitrogens with zero attached hydrogens (tertiary/aromatic N) is 1. The van der Waals surface area contributed by atoms with Gasteiger partial charge in [-0.1, -0.05) is 18.2 Å². The second kappa shape index (κ2) is 5.89. The molecule has 110 valence electrons. The Balaban J connectivity index is 2.07. The van der Waals surface area contributed by atoms with Crippen LogP contribution < -0.4 is 5.73 Å². The summed E-state index contributed by atoms with van der Waals surface area (Å²) >= 11 is 0. The van der Waals surface area contributed by atoms with Crippen molar-refractivity contribution in [2.24, 2.45) is 5.73 Å². The molecule has 0 spiro atoms. The molecule has 1 saturated heterocycles. The summed E-state index contributed by atoms with van der Waals surface area (Å²) in [7, 11) is 0. The third kappa shape index (κ3) is 3.55. The summed E-state index contributed by atoms with van der Waals surface area (Å²) < 4.78 is 19.4. The molecular weight excluding hydrogens is 259 g/mol. The maximum atomic E-state index is 13.6. The van der Waals surface area contributed by atoms with E-state index in [1.54, 1.807) is 23.1 Å². The Bertz CT molecular complexity index is 491. The number of carbonyl (C=O) groups excluding carboxylic acids is 1. The van der Waals surface area contributed by atoms with E-state index in [-0.39, 0.29) is 24.2 Å². The number of amides is 1. The van der Waals surface area contributed by atoms with Crippen LogP contribution in [0.1, 0.15) is 19.4 Å². The summed E-state index contributed by atoms with van der Waals surface area (Å²) in [4.78, 5) is 14.0. The molecule has 0 aromatic heterocycles. The van der Waals surface area contributed by atoms with Crippen molar-refractivity contribution in [3.05, 3.63) is 35.6 Å². The van der Waals surface area contributed by atoms with E-state index in [4.69, 9.17) is 10.5 Å². The number of halogens is 1. The van der Waals surface area contributed by atoms with Crippen LogP contribution in [-0.4, -0.2) is 42.1 Å². The van der Waals surface area contributed by atoms with Gasteiger partial charge in [0.1, 0.15) is 5.82 Å². The zero-order chi connectivity index (χ0) is 14.8. The van der Waals surface area contributed by atoms with Gasteiger partial charge in [-0.05, 0) is 25.5 Å². The Morgan fingerprint density at radius 3 is 2.85 bits per heavy atom. The molecule has 0 aliphatic carbocycles. The van der Waals surface area contributed by atoms with Crippen LogP contribution in [-0.2, 0) is 16.0 Å². The zero-order valence-corrected chi connectivity index (χ0v) is 11.9. The molecule has 2 rings (SSSR count). The van der Waals surface area contributed by atoms with Gasteiger partial charge in [-0.15, -0.1) is 0 Å². The van der Waals surface area contributed by atoms with Gasteiger partial charge in [-0.25, -0.2) is 4.39 Å². The van der Waals surface area contributed by atoms with Gasteiger partial charge < -0.3 is 15.4 Å². The van der Waals surface area contributed by atoms with Gasteiger partial charge in [-0.2, -0.15) is 0 Å². The van der Waals surface area contributed by atoms with Crippen LogP contribution in [0.5, 0.6) is 0 Å². The fourth-order valence-electron chi connectivity index (χ4n) is 2.52. The number of carbonyl (C=O) groups is 1. The summed E-state index contributed by atoms with van der Waals surface area (Å²) in [6.07, 6.45) is -0.0941. The molecular formula is C15H21FN2O2. The number of nitrogens with two attached hydrogens (primary N) is 1. The fraction of sp³-hybridized carbons (Fsp3) is 0.533. The lowest BCUT2D eigenvalue weighted by Crippen LogP contribution is -2.56. The minimum atomic E-state index is -0.423. The van der Waals surface area contributed by atoms with Gasteiger partial charge in [0.05, 0.1) is 18.1 Å². The molecule has 1 unspecified atom stereocenters. The number of morpholine rings is 1. The average Bonchev–Trinajstić information content (AvgIpc) is 2.39. The number of hydrogen-bond donors (Lipinski definition) is 1. The van der Waals surface area contributed by atoms with Crippen molar-refractivity contribution in [1.82, 2.24) is 4.90 Å². The molecule has 1 fully saturated rings. The van der Waals surface area contributed by atoms with E-state index in [1.165, 1.54) is 6.07 Å². The van der Waals surface area contributed by atoms with Crippen LogP contribution in [0.2, 0.25) is 0 Å². The molecule has 1 heterocycles. The number of benzene rings is 1. The van der Waals surface area contributed by atoms with Gasteiger partial charge in [-0.3, -0.25) is 4.79 Å². The number of rotatable bonds is 3. The normalized spacial score (nSPS) is 21.8. The minimum absolute atomic E-state index is 0.0695. The van der Waals surface area contributed by atoms with Crippen LogP contribution in [0.3, 0.4) is 0 Å². The molecule has 0 radical (unpaired) electrons. The van der Waals surface area contributed by atoms with E-state index in [2.05, 4.69) is 0 Å². The first-order chi connectivity index (χ1) is 9.41. The first-order valence-corrected chi connectivity index (χ1v) is 6.80. The maximum absolute atomic E-state index is 13.6. The molecule has 4 nitrogen and oxygen atoms in total. The van der Waals surface area contributed by atoms with Crippen molar-refractivity contribution in [3.8, 4) is 0 Å². The lowest BCUT2D eigenvalue weighted by molar-refractivity contribution is -0.158. The first kappa shape index (κ1) is 14.9.